The lowest BCUT2D eigenvalue weighted by Gasteiger charge is -2.36. The van der Waals surface area contributed by atoms with Crippen LogP contribution in [0.4, 0.5) is 10.3 Å². The van der Waals surface area contributed by atoms with Crippen LogP contribution in [-0.4, -0.2) is 73.1 Å². The van der Waals surface area contributed by atoms with Crippen LogP contribution in [0.25, 0.3) is 11.1 Å². The summed E-state index contributed by atoms with van der Waals surface area (Å²) < 4.78 is 15.0. The maximum atomic E-state index is 13.3. The Morgan fingerprint density at radius 1 is 1.13 bits per heavy atom. The van der Waals surface area contributed by atoms with Gasteiger partial charge in [-0.15, -0.1) is 0 Å². The number of hydrogen-bond acceptors (Lipinski definition) is 6. The maximum absolute atomic E-state index is 13.3. The van der Waals surface area contributed by atoms with Gasteiger partial charge in [0.2, 0.25) is 5.95 Å². The van der Waals surface area contributed by atoms with Gasteiger partial charge >= 0.3 is 0 Å². The molecule has 1 aromatic carbocycles. The summed E-state index contributed by atoms with van der Waals surface area (Å²) in [6.07, 6.45) is 9.65. The molecule has 0 spiro atoms. The van der Waals surface area contributed by atoms with Gasteiger partial charge in [-0.3, -0.25) is 10.1 Å². The third-order valence-corrected chi connectivity index (χ3v) is 7.10. The van der Waals surface area contributed by atoms with E-state index in [4.69, 9.17) is 17.0 Å². The Bertz CT molecular complexity index is 1450. The number of halogens is 2. The van der Waals surface area contributed by atoms with E-state index in [2.05, 4.69) is 29.9 Å². The lowest BCUT2D eigenvalue weighted by molar-refractivity contribution is 0.101. The van der Waals surface area contributed by atoms with Crippen molar-refractivity contribution in [1.29, 1.82) is 5.41 Å². The average molecular weight is 536 g/mol. The predicted molar refractivity (Wildman–Crippen MR) is 144 cm³/mol. The summed E-state index contributed by atoms with van der Waals surface area (Å²) >= 11 is 6.73. The number of anilines is 1. The second kappa shape index (κ2) is 10.3. The third-order valence-electron chi connectivity index (χ3n) is 6.71. The van der Waals surface area contributed by atoms with E-state index in [-0.39, 0.29) is 5.82 Å². The lowest BCUT2D eigenvalue weighted by Crippen LogP contribution is -2.49. The number of aliphatic hydroxyl groups is 1. The van der Waals surface area contributed by atoms with Gasteiger partial charge in [-0.25, -0.2) is 19.4 Å². The Kier molecular flexibility index (Phi) is 6.96. The average Bonchev–Trinajstić information content (AvgIpc) is 3.52. The second-order valence-electron chi connectivity index (χ2n) is 9.20. The van der Waals surface area contributed by atoms with E-state index in [0.717, 1.165) is 17.5 Å². The molecule has 0 amide bonds. The van der Waals surface area contributed by atoms with Crippen molar-refractivity contribution < 1.29 is 9.50 Å². The van der Waals surface area contributed by atoms with Crippen LogP contribution in [0.2, 0.25) is 5.02 Å². The molecule has 0 unspecified atom stereocenters. The van der Waals surface area contributed by atoms with Crippen molar-refractivity contribution in [2.45, 2.75) is 12.5 Å². The molecule has 38 heavy (non-hydrogen) atoms. The first-order valence-electron chi connectivity index (χ1n) is 12.0. The summed E-state index contributed by atoms with van der Waals surface area (Å²) in [6.45, 7) is 4.11. The van der Waals surface area contributed by atoms with Gasteiger partial charge in [0.05, 0.1) is 11.2 Å². The molecular formula is C26H27ClFN9O. The van der Waals surface area contributed by atoms with E-state index in [1.165, 1.54) is 12.1 Å². The molecule has 3 aromatic heterocycles. The van der Waals surface area contributed by atoms with Crippen LogP contribution in [-0.2, 0) is 12.6 Å². The van der Waals surface area contributed by atoms with Gasteiger partial charge in [0.1, 0.15) is 23.5 Å². The molecule has 1 aliphatic rings. The summed E-state index contributed by atoms with van der Waals surface area (Å²) in [5.41, 5.74) is 2.06. The zero-order chi connectivity index (χ0) is 26.9. The number of aryl methyl sites for hydroxylation is 1. The number of piperazine rings is 1. The molecule has 4 heterocycles. The lowest BCUT2D eigenvalue weighted by atomic mass is 9.90. The number of hydrogen-bond donors (Lipinski definition) is 3. The van der Waals surface area contributed by atoms with Crippen LogP contribution in [0.1, 0.15) is 23.7 Å². The monoisotopic (exact) mass is 535 g/mol. The number of amidine groups is 1. The number of aromatic amines is 1. The molecular weight excluding hydrogens is 509 g/mol. The Labute approximate surface area is 224 Å². The van der Waals surface area contributed by atoms with Crippen molar-refractivity contribution in [3.63, 3.8) is 0 Å². The molecule has 1 atom stereocenters. The van der Waals surface area contributed by atoms with Crippen LogP contribution >= 0.6 is 11.6 Å². The molecule has 1 aliphatic heterocycles. The molecule has 0 radical (unpaired) electrons. The SMILES string of the molecule is Cn1cc(-c2c[nH]c(/C(=N\C=N)N3CCN(c4ncc([C@@](C)(O)c5ccc(F)cc5)cn4)CC3)c2Cl)cn1. The topological polar surface area (TPSA) is 122 Å². The van der Waals surface area contributed by atoms with Crippen molar-refractivity contribution in [3.05, 3.63) is 82.9 Å². The summed E-state index contributed by atoms with van der Waals surface area (Å²) in [5.74, 6) is 0.772. The van der Waals surface area contributed by atoms with Gasteiger partial charge in [-0.1, -0.05) is 23.7 Å². The van der Waals surface area contributed by atoms with E-state index < -0.39 is 5.60 Å². The summed E-state index contributed by atoms with van der Waals surface area (Å²) in [4.78, 5) is 20.6. The minimum atomic E-state index is -1.35. The fourth-order valence-corrected chi connectivity index (χ4v) is 4.80. The smallest absolute Gasteiger partial charge is 0.225 e. The van der Waals surface area contributed by atoms with Gasteiger partial charge in [0.25, 0.3) is 0 Å². The normalized spacial score (nSPS) is 16.0. The Hall–Kier alpha value is -4.09. The third kappa shape index (κ3) is 4.90. The number of nitrogens with one attached hydrogen (secondary N) is 2. The Morgan fingerprint density at radius 2 is 1.82 bits per heavy atom. The first-order valence-corrected chi connectivity index (χ1v) is 12.4. The molecule has 5 rings (SSSR count). The number of rotatable bonds is 6. The predicted octanol–water partition coefficient (Wildman–Crippen LogP) is 3.43. The van der Waals surface area contributed by atoms with E-state index in [1.54, 1.807) is 42.3 Å². The summed E-state index contributed by atoms with van der Waals surface area (Å²) in [7, 11) is 1.84. The molecule has 10 nitrogen and oxygen atoms in total. The standard InChI is InChI=1S/C26H27ClFN9O/c1-26(38,18-3-5-20(28)6-4-18)19-12-31-25(32-13-19)37-9-7-36(8-10-37)24(33-16-29)23-22(27)21(14-30-23)17-11-34-35(2)15-17/h3-6,11-16,29-30,38H,7-10H2,1-2H3/b29-16?,33-24+/t26-/m0/s1. The summed E-state index contributed by atoms with van der Waals surface area (Å²) in [6, 6.07) is 5.72. The molecule has 3 N–H and O–H groups in total. The van der Waals surface area contributed by atoms with Gasteiger partial charge in [-0.2, -0.15) is 5.10 Å². The van der Waals surface area contributed by atoms with Crippen LogP contribution in [0, 0.1) is 11.2 Å². The van der Waals surface area contributed by atoms with Gasteiger partial charge < -0.3 is 19.9 Å². The fraction of sp³-hybridized carbons (Fsp3) is 0.269. The molecule has 12 heteroatoms. The van der Waals surface area contributed by atoms with E-state index in [0.29, 0.717) is 59.8 Å². The van der Waals surface area contributed by atoms with E-state index in [1.807, 2.05) is 24.3 Å². The van der Waals surface area contributed by atoms with Crippen LogP contribution in [0.3, 0.4) is 0 Å². The first-order chi connectivity index (χ1) is 18.3. The minimum Gasteiger partial charge on any atom is -0.381 e. The first kappa shape index (κ1) is 25.6. The largest absolute Gasteiger partial charge is 0.381 e. The highest BCUT2D eigenvalue weighted by molar-refractivity contribution is 6.36. The Balaban J connectivity index is 1.28. The maximum Gasteiger partial charge on any atom is 0.225 e. The van der Waals surface area contributed by atoms with Gasteiger partial charge in [0, 0.05) is 74.7 Å². The zero-order valence-electron chi connectivity index (χ0n) is 20.9. The molecule has 1 saturated heterocycles. The van der Waals surface area contributed by atoms with Crippen LogP contribution in [0.15, 0.2) is 60.2 Å². The van der Waals surface area contributed by atoms with Gasteiger partial charge in [-0.05, 0) is 24.6 Å². The van der Waals surface area contributed by atoms with Crippen LogP contribution < -0.4 is 4.90 Å². The fourth-order valence-electron chi connectivity index (χ4n) is 4.50. The zero-order valence-corrected chi connectivity index (χ0v) is 21.7. The highest BCUT2D eigenvalue weighted by Crippen LogP contribution is 2.32. The second-order valence-corrected chi connectivity index (χ2v) is 9.58. The van der Waals surface area contributed by atoms with Crippen molar-refractivity contribution in [3.8, 4) is 11.1 Å². The van der Waals surface area contributed by atoms with E-state index >= 15 is 0 Å². The summed E-state index contributed by atoms with van der Waals surface area (Å²) in [5, 5.41) is 23.3. The number of aromatic nitrogens is 5. The van der Waals surface area contributed by atoms with Crippen molar-refractivity contribution >= 4 is 29.7 Å². The molecule has 196 valence electrons. The molecule has 1 fully saturated rings. The number of aliphatic imine (C=N–C) groups is 1. The van der Waals surface area contributed by atoms with Crippen molar-refractivity contribution in [2.75, 3.05) is 31.1 Å². The highest BCUT2D eigenvalue weighted by atomic mass is 35.5. The molecule has 0 saturated carbocycles. The van der Waals surface area contributed by atoms with Crippen LogP contribution in [0.5, 0.6) is 0 Å². The van der Waals surface area contributed by atoms with Gasteiger partial charge in [0.15, 0.2) is 5.84 Å². The molecule has 0 aliphatic carbocycles. The minimum absolute atomic E-state index is 0.364. The molecule has 0 bridgehead atoms. The highest BCUT2D eigenvalue weighted by Gasteiger charge is 2.29. The number of nitrogens with zero attached hydrogens (tertiary/aromatic N) is 7. The van der Waals surface area contributed by atoms with E-state index in [9.17, 15) is 9.50 Å². The van der Waals surface area contributed by atoms with Crippen molar-refractivity contribution in [1.82, 2.24) is 29.6 Å². The number of benzene rings is 1. The Morgan fingerprint density at radius 3 is 2.42 bits per heavy atom. The number of H-pyrrole nitrogens is 1. The molecule has 4 aromatic rings. The quantitative estimate of drug-likeness (QED) is 0.257. The van der Waals surface area contributed by atoms with Crippen molar-refractivity contribution in [2.24, 2.45) is 12.0 Å².